The number of esters is 1. The molecule has 2 aromatic carbocycles. The summed E-state index contributed by atoms with van der Waals surface area (Å²) in [6.45, 7) is -0.460. The SMILES string of the molecule is O=C(COC(=O)c1cnn(-c2ccccc2)c1)c1cccc(F)c1. The fourth-order valence-corrected chi connectivity index (χ4v) is 2.11. The second kappa shape index (κ2) is 6.87. The van der Waals surface area contributed by atoms with Gasteiger partial charge in [0.2, 0.25) is 0 Å². The highest BCUT2D eigenvalue weighted by Crippen LogP contribution is 2.09. The summed E-state index contributed by atoms with van der Waals surface area (Å²) in [5, 5.41) is 4.09. The summed E-state index contributed by atoms with van der Waals surface area (Å²) in [4.78, 5) is 23.9. The Bertz CT molecular complexity index is 875. The third-order valence-electron chi connectivity index (χ3n) is 3.32. The van der Waals surface area contributed by atoms with E-state index in [1.54, 1.807) is 0 Å². The molecule has 0 aliphatic carbocycles. The van der Waals surface area contributed by atoms with Crippen LogP contribution < -0.4 is 0 Å². The fraction of sp³-hybridized carbons (Fsp3) is 0.0556. The van der Waals surface area contributed by atoms with E-state index >= 15 is 0 Å². The summed E-state index contributed by atoms with van der Waals surface area (Å²) in [7, 11) is 0. The Morgan fingerprint density at radius 1 is 1.04 bits per heavy atom. The Morgan fingerprint density at radius 3 is 2.58 bits per heavy atom. The van der Waals surface area contributed by atoms with E-state index < -0.39 is 24.2 Å². The molecule has 1 aromatic heterocycles. The molecule has 0 N–H and O–H groups in total. The van der Waals surface area contributed by atoms with Gasteiger partial charge in [-0.25, -0.2) is 13.9 Å². The molecule has 0 radical (unpaired) electrons. The zero-order chi connectivity index (χ0) is 16.9. The topological polar surface area (TPSA) is 61.2 Å². The highest BCUT2D eigenvalue weighted by atomic mass is 19.1. The largest absolute Gasteiger partial charge is 0.454 e. The van der Waals surface area contributed by atoms with Crippen molar-refractivity contribution in [2.75, 3.05) is 6.61 Å². The maximum atomic E-state index is 13.1. The van der Waals surface area contributed by atoms with Gasteiger partial charge in [-0.3, -0.25) is 4.79 Å². The van der Waals surface area contributed by atoms with Gasteiger partial charge in [-0.2, -0.15) is 5.10 Å². The van der Waals surface area contributed by atoms with Gasteiger partial charge in [-0.1, -0.05) is 30.3 Å². The maximum Gasteiger partial charge on any atom is 0.341 e. The van der Waals surface area contributed by atoms with Crippen molar-refractivity contribution in [3.63, 3.8) is 0 Å². The predicted molar refractivity (Wildman–Crippen MR) is 84.6 cm³/mol. The number of nitrogens with zero attached hydrogens (tertiary/aromatic N) is 2. The lowest BCUT2D eigenvalue weighted by molar-refractivity contribution is 0.0474. The number of carbonyl (C=O) groups is 2. The lowest BCUT2D eigenvalue weighted by Gasteiger charge is -2.03. The Hall–Kier alpha value is -3.28. The highest BCUT2D eigenvalue weighted by Gasteiger charge is 2.14. The van der Waals surface area contributed by atoms with Gasteiger partial charge in [0.1, 0.15) is 5.82 Å². The lowest BCUT2D eigenvalue weighted by atomic mass is 10.1. The zero-order valence-electron chi connectivity index (χ0n) is 12.6. The van der Waals surface area contributed by atoms with Crippen LogP contribution in [0.3, 0.4) is 0 Å². The summed E-state index contributed by atoms with van der Waals surface area (Å²) in [5.41, 5.74) is 1.18. The molecule has 0 aliphatic rings. The van der Waals surface area contributed by atoms with E-state index in [1.165, 1.54) is 35.3 Å². The first kappa shape index (κ1) is 15.6. The molecule has 0 amide bonds. The molecule has 5 nitrogen and oxygen atoms in total. The molecule has 0 bridgehead atoms. The number of halogens is 1. The molecule has 3 rings (SSSR count). The Kier molecular flexibility index (Phi) is 4.47. The van der Waals surface area contributed by atoms with Gasteiger partial charge in [0.15, 0.2) is 12.4 Å². The Labute approximate surface area is 137 Å². The number of ether oxygens (including phenoxy) is 1. The third kappa shape index (κ3) is 3.55. The smallest absolute Gasteiger partial charge is 0.341 e. The highest BCUT2D eigenvalue weighted by molar-refractivity contribution is 5.99. The van der Waals surface area contributed by atoms with E-state index in [-0.39, 0.29) is 11.1 Å². The number of ketones is 1. The van der Waals surface area contributed by atoms with Crippen molar-refractivity contribution in [1.29, 1.82) is 0 Å². The van der Waals surface area contributed by atoms with Crippen molar-refractivity contribution in [2.24, 2.45) is 0 Å². The first-order valence-corrected chi connectivity index (χ1v) is 7.19. The van der Waals surface area contributed by atoms with E-state index in [4.69, 9.17) is 4.74 Å². The first-order chi connectivity index (χ1) is 11.6. The molecular weight excluding hydrogens is 311 g/mol. The minimum atomic E-state index is -0.665. The fourth-order valence-electron chi connectivity index (χ4n) is 2.11. The molecule has 0 unspecified atom stereocenters. The zero-order valence-corrected chi connectivity index (χ0v) is 12.6. The van der Waals surface area contributed by atoms with Crippen LogP contribution in [0.25, 0.3) is 5.69 Å². The van der Waals surface area contributed by atoms with Gasteiger partial charge in [0, 0.05) is 11.8 Å². The molecule has 120 valence electrons. The minimum Gasteiger partial charge on any atom is -0.454 e. The number of aromatic nitrogens is 2. The van der Waals surface area contributed by atoms with Crippen molar-refractivity contribution >= 4 is 11.8 Å². The number of Topliss-reactive ketones (excluding diaryl/α,β-unsaturated/α-hetero) is 1. The van der Waals surface area contributed by atoms with Gasteiger partial charge in [0.05, 0.1) is 17.4 Å². The lowest BCUT2D eigenvalue weighted by Crippen LogP contribution is -2.14. The van der Waals surface area contributed by atoms with E-state index in [2.05, 4.69) is 5.10 Å². The average molecular weight is 324 g/mol. The van der Waals surface area contributed by atoms with Crippen LogP contribution in [0.5, 0.6) is 0 Å². The molecule has 0 saturated carbocycles. The van der Waals surface area contributed by atoms with Gasteiger partial charge in [-0.15, -0.1) is 0 Å². The molecule has 24 heavy (non-hydrogen) atoms. The van der Waals surface area contributed by atoms with Crippen molar-refractivity contribution in [1.82, 2.24) is 9.78 Å². The van der Waals surface area contributed by atoms with Gasteiger partial charge < -0.3 is 4.74 Å². The number of carbonyl (C=O) groups excluding carboxylic acids is 2. The van der Waals surface area contributed by atoms with Crippen LogP contribution in [-0.2, 0) is 4.74 Å². The Balaban J connectivity index is 1.63. The maximum absolute atomic E-state index is 13.1. The second-order valence-corrected chi connectivity index (χ2v) is 5.02. The van der Waals surface area contributed by atoms with Crippen molar-refractivity contribution < 1.29 is 18.7 Å². The molecular formula is C18H13FN2O3. The first-order valence-electron chi connectivity index (χ1n) is 7.19. The van der Waals surface area contributed by atoms with E-state index in [0.717, 1.165) is 11.8 Å². The van der Waals surface area contributed by atoms with Gasteiger partial charge in [0.25, 0.3) is 0 Å². The summed E-state index contributed by atoms with van der Waals surface area (Å²) < 4.78 is 19.6. The molecule has 0 saturated heterocycles. The summed E-state index contributed by atoms with van der Waals surface area (Å²) in [5.74, 6) is -1.66. The second-order valence-electron chi connectivity index (χ2n) is 5.02. The van der Waals surface area contributed by atoms with Crippen LogP contribution in [0.1, 0.15) is 20.7 Å². The van der Waals surface area contributed by atoms with E-state index in [0.29, 0.717) is 0 Å². The van der Waals surface area contributed by atoms with Crippen molar-refractivity contribution in [2.45, 2.75) is 0 Å². The van der Waals surface area contributed by atoms with Gasteiger partial charge in [-0.05, 0) is 24.3 Å². The van der Waals surface area contributed by atoms with Crippen LogP contribution >= 0.6 is 0 Å². The predicted octanol–water partition coefficient (Wildman–Crippen LogP) is 3.05. The average Bonchev–Trinajstić information content (AvgIpc) is 3.10. The normalized spacial score (nSPS) is 10.4. The van der Waals surface area contributed by atoms with Crippen molar-refractivity contribution in [3.8, 4) is 5.69 Å². The van der Waals surface area contributed by atoms with Crippen LogP contribution in [-0.4, -0.2) is 28.1 Å². The summed E-state index contributed by atoms with van der Waals surface area (Å²) >= 11 is 0. The number of benzene rings is 2. The number of hydrogen-bond donors (Lipinski definition) is 0. The molecule has 0 atom stereocenters. The Morgan fingerprint density at radius 2 is 1.83 bits per heavy atom. The molecule has 6 heteroatoms. The summed E-state index contributed by atoms with van der Waals surface area (Å²) in [6.07, 6.45) is 2.88. The van der Waals surface area contributed by atoms with Crippen LogP contribution in [0, 0.1) is 5.82 Å². The number of para-hydroxylation sites is 1. The standard InChI is InChI=1S/C18H13FN2O3/c19-15-6-4-5-13(9-15)17(22)12-24-18(23)14-10-20-21(11-14)16-7-2-1-3-8-16/h1-11H,12H2. The molecule has 0 spiro atoms. The third-order valence-corrected chi connectivity index (χ3v) is 3.32. The number of rotatable bonds is 5. The monoisotopic (exact) mass is 324 g/mol. The van der Waals surface area contributed by atoms with E-state index in [1.807, 2.05) is 30.3 Å². The van der Waals surface area contributed by atoms with Crippen LogP contribution in [0.4, 0.5) is 4.39 Å². The van der Waals surface area contributed by atoms with Crippen LogP contribution in [0.15, 0.2) is 67.0 Å². The minimum absolute atomic E-state index is 0.155. The molecule has 1 heterocycles. The van der Waals surface area contributed by atoms with Crippen LogP contribution in [0.2, 0.25) is 0 Å². The molecule has 0 aliphatic heterocycles. The summed E-state index contributed by atoms with van der Waals surface area (Å²) in [6, 6.07) is 14.5. The van der Waals surface area contributed by atoms with Gasteiger partial charge >= 0.3 is 5.97 Å². The molecule has 0 fully saturated rings. The quantitative estimate of drug-likeness (QED) is 0.534. The van der Waals surface area contributed by atoms with E-state index in [9.17, 15) is 14.0 Å². The van der Waals surface area contributed by atoms with Crippen molar-refractivity contribution in [3.05, 3.63) is 83.9 Å². The molecule has 3 aromatic rings. The number of hydrogen-bond acceptors (Lipinski definition) is 4.